The van der Waals surface area contributed by atoms with Gasteiger partial charge in [-0.25, -0.2) is 14.1 Å². The predicted molar refractivity (Wildman–Crippen MR) is 121 cm³/mol. The SMILES string of the molecule is O=C1COc2ccc(-c3csc(=Nc4cccnc4)n3N=Cc3ccccc3F)cc2N1. The number of amides is 1. The zero-order valence-corrected chi connectivity index (χ0v) is 17.4. The van der Waals surface area contributed by atoms with Gasteiger partial charge in [-0.3, -0.25) is 9.78 Å². The van der Waals surface area contributed by atoms with Crippen LogP contribution in [-0.2, 0) is 4.79 Å². The van der Waals surface area contributed by atoms with E-state index in [-0.39, 0.29) is 18.3 Å². The van der Waals surface area contributed by atoms with Crippen molar-refractivity contribution in [2.24, 2.45) is 10.1 Å². The van der Waals surface area contributed by atoms with Crippen molar-refractivity contribution in [3.8, 4) is 17.0 Å². The first kappa shape index (κ1) is 19.8. The molecule has 3 heterocycles. The van der Waals surface area contributed by atoms with E-state index in [1.807, 2.05) is 23.6 Å². The number of benzene rings is 2. The largest absolute Gasteiger partial charge is 0.482 e. The van der Waals surface area contributed by atoms with Crippen molar-refractivity contribution in [1.29, 1.82) is 0 Å². The summed E-state index contributed by atoms with van der Waals surface area (Å²) in [5.74, 6) is 0.0240. The van der Waals surface area contributed by atoms with Crippen molar-refractivity contribution < 1.29 is 13.9 Å². The van der Waals surface area contributed by atoms with Gasteiger partial charge in [-0.05, 0) is 36.4 Å². The molecule has 4 aromatic rings. The van der Waals surface area contributed by atoms with Crippen LogP contribution in [0.25, 0.3) is 11.3 Å². The van der Waals surface area contributed by atoms with Gasteiger partial charge in [-0.1, -0.05) is 18.2 Å². The summed E-state index contributed by atoms with van der Waals surface area (Å²) in [4.78, 5) is 21.0. The number of hydrogen-bond donors (Lipinski definition) is 1. The summed E-state index contributed by atoms with van der Waals surface area (Å²) in [7, 11) is 0. The summed E-state index contributed by atoms with van der Waals surface area (Å²) < 4.78 is 21.2. The fourth-order valence-corrected chi connectivity index (χ4v) is 4.02. The van der Waals surface area contributed by atoms with Crippen LogP contribution in [0.1, 0.15) is 5.56 Å². The number of anilines is 1. The highest BCUT2D eigenvalue weighted by Gasteiger charge is 2.18. The minimum Gasteiger partial charge on any atom is -0.482 e. The van der Waals surface area contributed by atoms with Crippen LogP contribution >= 0.6 is 11.3 Å². The van der Waals surface area contributed by atoms with Gasteiger partial charge in [-0.2, -0.15) is 5.10 Å². The number of nitrogens with one attached hydrogen (secondary N) is 1. The van der Waals surface area contributed by atoms with Gasteiger partial charge in [0, 0.05) is 22.7 Å². The molecule has 7 nitrogen and oxygen atoms in total. The van der Waals surface area contributed by atoms with Crippen molar-refractivity contribution in [3.63, 3.8) is 0 Å². The normalized spacial score (nSPS) is 13.7. The Hall–Kier alpha value is -4.11. The molecule has 9 heteroatoms. The first-order chi connectivity index (χ1) is 15.7. The number of fused-ring (bicyclic) bond motifs is 1. The van der Waals surface area contributed by atoms with Gasteiger partial charge in [0.05, 0.1) is 29.5 Å². The molecule has 5 rings (SSSR count). The second-order valence-electron chi connectivity index (χ2n) is 6.85. The molecule has 0 atom stereocenters. The number of nitrogens with zero attached hydrogens (tertiary/aromatic N) is 4. The average Bonchev–Trinajstić information content (AvgIpc) is 3.21. The fourth-order valence-electron chi connectivity index (χ4n) is 3.16. The van der Waals surface area contributed by atoms with Crippen LogP contribution in [-0.4, -0.2) is 28.4 Å². The molecule has 0 radical (unpaired) electrons. The maximum atomic E-state index is 14.1. The van der Waals surface area contributed by atoms with Gasteiger partial charge in [0.25, 0.3) is 5.91 Å². The summed E-state index contributed by atoms with van der Waals surface area (Å²) >= 11 is 1.39. The number of thiazole rings is 1. The molecular weight excluding hydrogens is 429 g/mol. The lowest BCUT2D eigenvalue weighted by atomic mass is 10.1. The lowest BCUT2D eigenvalue weighted by molar-refractivity contribution is -0.118. The third kappa shape index (κ3) is 4.06. The van der Waals surface area contributed by atoms with Crippen LogP contribution in [0, 0.1) is 5.82 Å². The highest BCUT2D eigenvalue weighted by molar-refractivity contribution is 7.07. The molecular formula is C23H16FN5O2S. The van der Waals surface area contributed by atoms with Crippen LogP contribution in [0.2, 0.25) is 0 Å². The average molecular weight is 445 g/mol. The van der Waals surface area contributed by atoms with Gasteiger partial charge in [0.1, 0.15) is 11.6 Å². The topological polar surface area (TPSA) is 80.9 Å². The third-order valence-corrected chi connectivity index (χ3v) is 5.50. The Morgan fingerprint density at radius 2 is 2.09 bits per heavy atom. The summed E-state index contributed by atoms with van der Waals surface area (Å²) in [6.45, 7) is -0.00807. The Morgan fingerprint density at radius 3 is 2.94 bits per heavy atom. The molecule has 0 saturated carbocycles. The van der Waals surface area contributed by atoms with Crippen LogP contribution in [0.3, 0.4) is 0 Å². The predicted octanol–water partition coefficient (Wildman–Crippen LogP) is 4.20. The zero-order chi connectivity index (χ0) is 21.9. The monoisotopic (exact) mass is 445 g/mol. The maximum absolute atomic E-state index is 14.1. The number of carbonyl (C=O) groups excluding carboxylic acids is 1. The van der Waals surface area contributed by atoms with E-state index in [1.54, 1.807) is 47.4 Å². The van der Waals surface area contributed by atoms with Crippen LogP contribution < -0.4 is 14.9 Å². The second-order valence-corrected chi connectivity index (χ2v) is 7.69. The molecule has 1 amide bonds. The van der Waals surface area contributed by atoms with Crippen molar-refractivity contribution in [3.05, 3.63) is 88.6 Å². The van der Waals surface area contributed by atoms with Gasteiger partial charge < -0.3 is 10.1 Å². The molecule has 2 aromatic heterocycles. The summed E-state index contributed by atoms with van der Waals surface area (Å²) in [5, 5.41) is 9.24. The van der Waals surface area contributed by atoms with Crippen molar-refractivity contribution in [2.75, 3.05) is 11.9 Å². The highest BCUT2D eigenvalue weighted by Crippen LogP contribution is 2.33. The van der Waals surface area contributed by atoms with E-state index in [9.17, 15) is 9.18 Å². The second kappa shape index (κ2) is 8.56. The number of carbonyl (C=O) groups is 1. The van der Waals surface area contributed by atoms with Crippen molar-refractivity contribution in [1.82, 2.24) is 9.66 Å². The molecule has 2 aromatic carbocycles. The van der Waals surface area contributed by atoms with Gasteiger partial charge in [0.15, 0.2) is 6.61 Å². The molecule has 0 aliphatic carbocycles. The van der Waals surface area contributed by atoms with E-state index >= 15 is 0 Å². The molecule has 1 N–H and O–H groups in total. The molecule has 1 aliphatic rings. The fraction of sp³-hybridized carbons (Fsp3) is 0.0435. The Kier molecular flexibility index (Phi) is 5.30. The lowest BCUT2D eigenvalue weighted by Gasteiger charge is -2.18. The summed E-state index contributed by atoms with van der Waals surface area (Å²) in [6, 6.07) is 15.5. The van der Waals surface area contributed by atoms with E-state index < -0.39 is 0 Å². The number of hydrogen-bond acceptors (Lipinski definition) is 6. The van der Waals surface area contributed by atoms with Crippen molar-refractivity contribution in [2.45, 2.75) is 0 Å². The number of aromatic nitrogens is 2. The Morgan fingerprint density at radius 1 is 1.19 bits per heavy atom. The van der Waals surface area contributed by atoms with Crippen LogP contribution in [0.4, 0.5) is 15.8 Å². The van der Waals surface area contributed by atoms with E-state index in [2.05, 4.69) is 20.4 Å². The molecule has 0 saturated heterocycles. The highest BCUT2D eigenvalue weighted by atomic mass is 32.1. The van der Waals surface area contributed by atoms with Crippen LogP contribution in [0.5, 0.6) is 5.75 Å². The lowest BCUT2D eigenvalue weighted by Crippen LogP contribution is -2.25. The van der Waals surface area contributed by atoms with Crippen LogP contribution in [0.15, 0.2) is 82.5 Å². The molecule has 32 heavy (non-hydrogen) atoms. The quantitative estimate of drug-likeness (QED) is 0.478. The van der Waals surface area contributed by atoms with E-state index in [0.717, 1.165) is 11.3 Å². The number of halogens is 1. The molecule has 158 valence electrons. The standard InChI is InChI=1S/C23H16FN5O2S/c24-18-6-2-1-4-16(18)11-26-29-20(14-32-23(29)27-17-5-3-9-25-12-17)15-7-8-21-19(10-15)28-22(30)13-31-21/h1-12,14H,13H2,(H,28,30). The Balaban J connectivity index is 1.63. The maximum Gasteiger partial charge on any atom is 0.262 e. The molecule has 0 spiro atoms. The van der Waals surface area contributed by atoms with E-state index in [0.29, 0.717) is 27.5 Å². The van der Waals surface area contributed by atoms with E-state index in [1.165, 1.54) is 23.6 Å². The molecule has 0 bridgehead atoms. The van der Waals surface area contributed by atoms with Crippen molar-refractivity contribution >= 4 is 34.8 Å². The number of rotatable bonds is 4. The number of pyridine rings is 1. The Bertz CT molecular complexity index is 1400. The molecule has 0 unspecified atom stereocenters. The molecule has 1 aliphatic heterocycles. The molecule has 0 fully saturated rings. The minimum atomic E-state index is -0.368. The summed E-state index contributed by atoms with van der Waals surface area (Å²) in [5.41, 5.74) is 3.13. The number of ether oxygens (including phenoxy) is 1. The van der Waals surface area contributed by atoms with E-state index in [4.69, 9.17) is 4.74 Å². The first-order valence-corrected chi connectivity index (χ1v) is 10.6. The van der Waals surface area contributed by atoms with Gasteiger partial charge in [0.2, 0.25) is 4.80 Å². The zero-order valence-electron chi connectivity index (χ0n) is 16.6. The van der Waals surface area contributed by atoms with Gasteiger partial charge in [-0.15, -0.1) is 11.3 Å². The minimum absolute atomic E-state index is 0.00807. The smallest absolute Gasteiger partial charge is 0.262 e. The Labute approximate surface area is 186 Å². The third-order valence-electron chi connectivity index (χ3n) is 4.68. The first-order valence-electron chi connectivity index (χ1n) is 9.69. The van der Waals surface area contributed by atoms with Gasteiger partial charge >= 0.3 is 0 Å². The summed E-state index contributed by atoms with van der Waals surface area (Å²) in [6.07, 6.45) is 4.78.